The zero-order valence-electron chi connectivity index (χ0n) is 16.5. The predicted molar refractivity (Wildman–Crippen MR) is 129 cm³/mol. The minimum atomic E-state index is 0. The van der Waals surface area contributed by atoms with Crippen LogP contribution >= 0.6 is 24.0 Å². The molecule has 0 radical (unpaired) electrons. The molecular formula is C23H27IN4O. The van der Waals surface area contributed by atoms with Crippen LogP contribution in [0.2, 0.25) is 0 Å². The predicted octanol–water partition coefficient (Wildman–Crippen LogP) is 4.19. The molecule has 3 aromatic rings. The first-order valence-electron chi connectivity index (χ1n) is 9.43. The van der Waals surface area contributed by atoms with E-state index < -0.39 is 0 Å². The van der Waals surface area contributed by atoms with Crippen molar-refractivity contribution < 1.29 is 4.74 Å². The molecule has 0 fully saturated rings. The average Bonchev–Trinajstić information content (AvgIpc) is 2.77. The second kappa shape index (κ2) is 12.8. The molecule has 1 aromatic heterocycles. The lowest BCUT2D eigenvalue weighted by molar-refractivity contribution is 0.306. The maximum Gasteiger partial charge on any atom is 0.191 e. The Morgan fingerprint density at radius 3 is 2.31 bits per heavy atom. The van der Waals surface area contributed by atoms with Crippen molar-refractivity contribution in [1.29, 1.82) is 0 Å². The van der Waals surface area contributed by atoms with E-state index in [1.807, 2.05) is 54.7 Å². The first-order chi connectivity index (χ1) is 13.8. The van der Waals surface area contributed by atoms with Gasteiger partial charge in [0.1, 0.15) is 12.4 Å². The van der Waals surface area contributed by atoms with Crippen LogP contribution in [0.1, 0.15) is 16.8 Å². The number of para-hydroxylation sites is 1. The molecule has 0 aliphatic heterocycles. The third-order valence-corrected chi connectivity index (χ3v) is 4.25. The van der Waals surface area contributed by atoms with Crippen molar-refractivity contribution in [3.8, 4) is 5.75 Å². The molecule has 0 atom stereocenters. The van der Waals surface area contributed by atoms with Crippen molar-refractivity contribution in [2.75, 3.05) is 13.6 Å². The summed E-state index contributed by atoms with van der Waals surface area (Å²) in [5.74, 6) is 1.67. The second-order valence-corrected chi connectivity index (χ2v) is 6.34. The number of ether oxygens (including phenoxy) is 1. The van der Waals surface area contributed by atoms with Gasteiger partial charge in [-0.15, -0.1) is 24.0 Å². The molecule has 3 rings (SSSR count). The zero-order valence-corrected chi connectivity index (χ0v) is 18.9. The van der Waals surface area contributed by atoms with Crippen LogP contribution in [0, 0.1) is 0 Å². The highest BCUT2D eigenvalue weighted by molar-refractivity contribution is 14.0. The standard InChI is InChI=1S/C23H26N4O.HI/c1-24-23(26-16-14-21-7-5-6-15-25-21)27-17-19-10-12-20(13-11-19)18-28-22-8-3-2-4-9-22;/h2-13,15H,14,16-18H2,1H3,(H2,24,26,27);1H. The van der Waals surface area contributed by atoms with E-state index >= 15 is 0 Å². The first-order valence-corrected chi connectivity index (χ1v) is 9.43. The highest BCUT2D eigenvalue weighted by Gasteiger charge is 2.01. The Morgan fingerprint density at radius 1 is 0.897 bits per heavy atom. The molecule has 0 unspecified atom stereocenters. The lowest BCUT2D eigenvalue weighted by atomic mass is 10.1. The van der Waals surface area contributed by atoms with Gasteiger partial charge in [0.05, 0.1) is 0 Å². The van der Waals surface area contributed by atoms with Gasteiger partial charge in [-0.3, -0.25) is 9.98 Å². The van der Waals surface area contributed by atoms with E-state index in [2.05, 4.69) is 44.9 Å². The van der Waals surface area contributed by atoms with Crippen LogP contribution in [0.5, 0.6) is 5.75 Å². The van der Waals surface area contributed by atoms with Crippen LogP contribution in [0.15, 0.2) is 84.0 Å². The fourth-order valence-corrected chi connectivity index (χ4v) is 2.70. The molecule has 6 heteroatoms. The Balaban J connectivity index is 0.00000300. The van der Waals surface area contributed by atoms with Crippen molar-refractivity contribution in [2.24, 2.45) is 4.99 Å². The number of nitrogens with one attached hydrogen (secondary N) is 2. The molecule has 0 bridgehead atoms. The van der Waals surface area contributed by atoms with Gasteiger partial charge in [-0.1, -0.05) is 48.5 Å². The Labute approximate surface area is 189 Å². The number of hydrogen-bond donors (Lipinski definition) is 2. The van der Waals surface area contributed by atoms with Crippen LogP contribution in [0.4, 0.5) is 0 Å². The fraction of sp³-hybridized carbons (Fsp3) is 0.217. The number of guanidine groups is 1. The number of halogens is 1. The lowest BCUT2D eigenvalue weighted by Gasteiger charge is -2.12. The summed E-state index contributed by atoms with van der Waals surface area (Å²) in [6.07, 6.45) is 2.68. The molecule has 0 aliphatic rings. The van der Waals surface area contributed by atoms with Gasteiger partial charge in [0, 0.05) is 38.4 Å². The van der Waals surface area contributed by atoms with Crippen LogP contribution in [0.25, 0.3) is 0 Å². The summed E-state index contributed by atoms with van der Waals surface area (Å²) in [6, 6.07) is 24.2. The quantitative estimate of drug-likeness (QED) is 0.276. The number of nitrogens with zero attached hydrogens (tertiary/aromatic N) is 2. The second-order valence-electron chi connectivity index (χ2n) is 6.34. The van der Waals surface area contributed by atoms with Gasteiger partial charge in [0.2, 0.25) is 0 Å². The monoisotopic (exact) mass is 502 g/mol. The summed E-state index contributed by atoms with van der Waals surface area (Å²) in [6.45, 7) is 2.06. The number of hydrogen-bond acceptors (Lipinski definition) is 3. The molecule has 5 nitrogen and oxygen atoms in total. The largest absolute Gasteiger partial charge is 0.489 e. The van der Waals surface area contributed by atoms with E-state index in [4.69, 9.17) is 4.74 Å². The minimum absolute atomic E-state index is 0. The Hall–Kier alpha value is -2.61. The summed E-state index contributed by atoms with van der Waals surface area (Å²) < 4.78 is 5.78. The lowest BCUT2D eigenvalue weighted by Crippen LogP contribution is -2.37. The smallest absolute Gasteiger partial charge is 0.191 e. The first kappa shape index (κ1) is 22.7. The SMILES string of the molecule is CN=C(NCCc1ccccn1)NCc1ccc(COc2ccccc2)cc1.I. The van der Waals surface area contributed by atoms with E-state index in [1.54, 1.807) is 7.05 Å². The molecule has 0 saturated carbocycles. The fourth-order valence-electron chi connectivity index (χ4n) is 2.70. The van der Waals surface area contributed by atoms with Gasteiger partial charge in [-0.2, -0.15) is 0 Å². The van der Waals surface area contributed by atoms with Crippen molar-refractivity contribution >= 4 is 29.9 Å². The van der Waals surface area contributed by atoms with Gasteiger partial charge in [0.25, 0.3) is 0 Å². The molecule has 0 spiro atoms. The van der Waals surface area contributed by atoms with Crippen molar-refractivity contribution in [3.05, 3.63) is 95.8 Å². The van der Waals surface area contributed by atoms with Crippen LogP contribution in [-0.2, 0) is 19.6 Å². The third-order valence-electron chi connectivity index (χ3n) is 4.25. The van der Waals surface area contributed by atoms with Crippen LogP contribution < -0.4 is 15.4 Å². The van der Waals surface area contributed by atoms with Crippen molar-refractivity contribution in [2.45, 2.75) is 19.6 Å². The topological polar surface area (TPSA) is 58.5 Å². The van der Waals surface area contributed by atoms with E-state index in [0.717, 1.165) is 35.9 Å². The molecule has 2 N–H and O–H groups in total. The van der Waals surface area contributed by atoms with Gasteiger partial charge in [-0.05, 0) is 35.4 Å². The highest BCUT2D eigenvalue weighted by atomic mass is 127. The molecular weight excluding hydrogens is 475 g/mol. The van der Waals surface area contributed by atoms with Crippen molar-refractivity contribution in [3.63, 3.8) is 0 Å². The number of aliphatic imine (C=N–C) groups is 1. The Morgan fingerprint density at radius 2 is 1.62 bits per heavy atom. The minimum Gasteiger partial charge on any atom is -0.489 e. The summed E-state index contributed by atoms with van der Waals surface area (Å²) in [7, 11) is 1.78. The molecule has 0 aliphatic carbocycles. The van der Waals surface area contributed by atoms with E-state index in [0.29, 0.717) is 13.2 Å². The number of pyridine rings is 1. The summed E-state index contributed by atoms with van der Waals surface area (Å²) >= 11 is 0. The average molecular weight is 502 g/mol. The molecule has 0 amide bonds. The Bertz CT molecular complexity index is 855. The van der Waals surface area contributed by atoms with E-state index in [1.165, 1.54) is 5.56 Å². The molecule has 0 saturated heterocycles. The van der Waals surface area contributed by atoms with Crippen LogP contribution in [0.3, 0.4) is 0 Å². The van der Waals surface area contributed by atoms with Crippen LogP contribution in [-0.4, -0.2) is 24.5 Å². The maximum absolute atomic E-state index is 5.78. The van der Waals surface area contributed by atoms with Gasteiger partial charge in [-0.25, -0.2) is 0 Å². The molecule has 1 heterocycles. The summed E-state index contributed by atoms with van der Waals surface area (Å²) in [5, 5.41) is 6.65. The number of rotatable bonds is 8. The normalized spacial score (nSPS) is 10.7. The van der Waals surface area contributed by atoms with E-state index in [9.17, 15) is 0 Å². The zero-order chi connectivity index (χ0) is 19.4. The van der Waals surface area contributed by atoms with Gasteiger partial charge in [0.15, 0.2) is 5.96 Å². The maximum atomic E-state index is 5.78. The number of aromatic nitrogens is 1. The van der Waals surface area contributed by atoms with Gasteiger partial charge >= 0.3 is 0 Å². The summed E-state index contributed by atoms with van der Waals surface area (Å²) in [5.41, 5.74) is 3.40. The van der Waals surface area contributed by atoms with Crippen molar-refractivity contribution in [1.82, 2.24) is 15.6 Å². The molecule has 29 heavy (non-hydrogen) atoms. The van der Waals surface area contributed by atoms with E-state index in [-0.39, 0.29) is 24.0 Å². The molecule has 152 valence electrons. The third kappa shape index (κ3) is 8.11. The molecule has 2 aromatic carbocycles. The summed E-state index contributed by atoms with van der Waals surface area (Å²) in [4.78, 5) is 8.60. The highest BCUT2D eigenvalue weighted by Crippen LogP contribution is 2.12. The number of benzene rings is 2. The Kier molecular flexibility index (Phi) is 9.99. The van der Waals surface area contributed by atoms with Gasteiger partial charge < -0.3 is 15.4 Å².